The van der Waals surface area contributed by atoms with Crippen molar-refractivity contribution in [3.8, 4) is 0 Å². The Kier molecular flexibility index (Phi) is 3.43. The molecule has 4 nitrogen and oxygen atoms in total. The molecule has 90 valence electrons. The van der Waals surface area contributed by atoms with Gasteiger partial charge in [0.15, 0.2) is 0 Å². The lowest BCUT2D eigenvalue weighted by Crippen LogP contribution is -2.34. The molecule has 0 aromatic carbocycles. The van der Waals surface area contributed by atoms with Crippen molar-refractivity contribution in [2.75, 3.05) is 0 Å². The Morgan fingerprint density at radius 1 is 1.25 bits per heavy atom. The van der Waals surface area contributed by atoms with Crippen molar-refractivity contribution >= 4 is 5.97 Å². The Hall–Kier alpha value is -1.29. The van der Waals surface area contributed by atoms with Crippen molar-refractivity contribution in [3.63, 3.8) is 0 Å². The van der Waals surface area contributed by atoms with Crippen LogP contribution in [0.2, 0.25) is 0 Å². The van der Waals surface area contributed by atoms with Crippen LogP contribution >= 0.6 is 0 Å². The monoisotopic (exact) mass is 225 g/mol. The third kappa shape index (κ3) is 3.70. The highest BCUT2D eigenvalue weighted by Crippen LogP contribution is 2.19. The molecule has 0 saturated heterocycles. The van der Waals surface area contributed by atoms with Gasteiger partial charge >= 0.3 is 5.97 Å². The van der Waals surface area contributed by atoms with Crippen molar-refractivity contribution in [3.05, 3.63) is 24.5 Å². The van der Waals surface area contributed by atoms with Gasteiger partial charge in [0.05, 0.1) is 6.42 Å². The third-order valence-electron chi connectivity index (χ3n) is 2.06. The van der Waals surface area contributed by atoms with Crippen molar-refractivity contribution in [1.82, 2.24) is 4.57 Å². The standard InChI is InChI=1S/C12H19NO3/c1-11(2,3)16-10(14)9-12(4,15)13-7-5-6-8-13/h5-8,15H,9H2,1-4H3. The van der Waals surface area contributed by atoms with Crippen LogP contribution in [0.1, 0.15) is 34.1 Å². The second-order valence-electron chi connectivity index (χ2n) is 5.07. The minimum absolute atomic E-state index is 0.0705. The van der Waals surface area contributed by atoms with E-state index in [9.17, 15) is 9.90 Å². The van der Waals surface area contributed by atoms with Gasteiger partial charge in [-0.25, -0.2) is 0 Å². The van der Waals surface area contributed by atoms with Gasteiger partial charge in [-0.1, -0.05) is 0 Å². The fourth-order valence-corrected chi connectivity index (χ4v) is 1.40. The van der Waals surface area contributed by atoms with Gasteiger partial charge in [-0.3, -0.25) is 4.79 Å². The Morgan fingerprint density at radius 3 is 2.19 bits per heavy atom. The van der Waals surface area contributed by atoms with E-state index < -0.39 is 17.3 Å². The topological polar surface area (TPSA) is 51.5 Å². The molecule has 1 unspecified atom stereocenters. The Morgan fingerprint density at radius 2 is 1.75 bits per heavy atom. The molecule has 0 aliphatic rings. The highest BCUT2D eigenvalue weighted by atomic mass is 16.6. The van der Waals surface area contributed by atoms with Gasteiger partial charge < -0.3 is 14.4 Å². The van der Waals surface area contributed by atoms with Crippen LogP contribution in [0.3, 0.4) is 0 Å². The predicted octanol–water partition coefficient (Wildman–Crippen LogP) is 1.88. The first-order valence-electron chi connectivity index (χ1n) is 5.28. The summed E-state index contributed by atoms with van der Waals surface area (Å²) in [6.45, 7) is 6.98. The molecule has 0 spiro atoms. The lowest BCUT2D eigenvalue weighted by Gasteiger charge is -2.27. The first kappa shape index (κ1) is 12.8. The molecule has 16 heavy (non-hydrogen) atoms. The minimum Gasteiger partial charge on any atom is -0.460 e. The maximum Gasteiger partial charge on any atom is 0.311 e. The molecule has 0 aliphatic heterocycles. The highest BCUT2D eigenvalue weighted by molar-refractivity contribution is 5.70. The average Bonchev–Trinajstić information content (AvgIpc) is 2.49. The lowest BCUT2D eigenvalue weighted by atomic mass is 10.1. The maximum absolute atomic E-state index is 11.6. The van der Waals surface area contributed by atoms with Crippen molar-refractivity contribution in [2.45, 2.75) is 45.4 Å². The summed E-state index contributed by atoms with van der Waals surface area (Å²) in [7, 11) is 0. The average molecular weight is 225 g/mol. The summed E-state index contributed by atoms with van der Waals surface area (Å²) in [5, 5.41) is 10.1. The molecule has 0 saturated carbocycles. The largest absolute Gasteiger partial charge is 0.460 e. The molecule has 1 aromatic rings. The summed E-state index contributed by atoms with van der Waals surface area (Å²) < 4.78 is 6.74. The molecule has 1 atom stereocenters. The van der Waals surface area contributed by atoms with Gasteiger partial charge in [0.2, 0.25) is 0 Å². The fourth-order valence-electron chi connectivity index (χ4n) is 1.40. The second kappa shape index (κ2) is 4.29. The first-order chi connectivity index (χ1) is 7.21. The van der Waals surface area contributed by atoms with Crippen LogP contribution in [0.25, 0.3) is 0 Å². The molecule has 0 radical (unpaired) electrons. The maximum atomic E-state index is 11.6. The summed E-state index contributed by atoms with van der Waals surface area (Å²) in [6, 6.07) is 3.59. The lowest BCUT2D eigenvalue weighted by molar-refractivity contribution is -0.163. The number of aliphatic hydroxyl groups is 1. The molecular formula is C12H19NO3. The number of carbonyl (C=O) groups is 1. The number of nitrogens with zero attached hydrogens (tertiary/aromatic N) is 1. The zero-order chi connectivity index (χ0) is 12.4. The Labute approximate surface area is 95.8 Å². The highest BCUT2D eigenvalue weighted by Gasteiger charge is 2.28. The normalized spacial score (nSPS) is 15.6. The summed E-state index contributed by atoms with van der Waals surface area (Å²) >= 11 is 0. The van der Waals surface area contributed by atoms with E-state index in [0.29, 0.717) is 0 Å². The van der Waals surface area contributed by atoms with E-state index in [4.69, 9.17) is 4.74 Å². The van der Waals surface area contributed by atoms with Gasteiger partial charge in [0.25, 0.3) is 0 Å². The number of rotatable bonds is 3. The molecule has 0 aliphatic carbocycles. The Balaban J connectivity index is 2.64. The van der Waals surface area contributed by atoms with E-state index in [2.05, 4.69) is 0 Å². The summed E-state index contributed by atoms with van der Waals surface area (Å²) in [6.07, 6.45) is 3.35. The van der Waals surface area contributed by atoms with Crippen LogP contribution in [0.5, 0.6) is 0 Å². The molecule has 1 N–H and O–H groups in total. The van der Waals surface area contributed by atoms with Gasteiger partial charge in [0.1, 0.15) is 11.3 Å². The molecule has 1 aromatic heterocycles. The molecule has 4 heteroatoms. The van der Waals surface area contributed by atoms with Crippen LogP contribution in [0, 0.1) is 0 Å². The minimum atomic E-state index is -1.24. The van der Waals surface area contributed by atoms with E-state index in [-0.39, 0.29) is 6.42 Å². The predicted molar refractivity (Wildman–Crippen MR) is 60.8 cm³/mol. The molecule has 0 bridgehead atoms. The van der Waals surface area contributed by atoms with E-state index in [1.807, 2.05) is 0 Å². The Bertz CT molecular complexity index is 347. The summed E-state index contributed by atoms with van der Waals surface area (Å²) in [4.78, 5) is 11.6. The first-order valence-corrected chi connectivity index (χ1v) is 5.28. The van der Waals surface area contributed by atoms with Gasteiger partial charge in [-0.15, -0.1) is 0 Å². The van der Waals surface area contributed by atoms with Crippen LogP contribution in [0.4, 0.5) is 0 Å². The van der Waals surface area contributed by atoms with Crippen LogP contribution in [0.15, 0.2) is 24.5 Å². The molecule has 0 amide bonds. The molecule has 1 rings (SSSR count). The summed E-state index contributed by atoms with van der Waals surface area (Å²) in [5.74, 6) is -0.411. The fraction of sp³-hybridized carbons (Fsp3) is 0.583. The SMILES string of the molecule is CC(C)(C)OC(=O)CC(C)(O)n1cccc1. The van der Waals surface area contributed by atoms with Gasteiger partial charge in [0, 0.05) is 12.4 Å². The zero-order valence-corrected chi connectivity index (χ0v) is 10.2. The van der Waals surface area contributed by atoms with Crippen LogP contribution < -0.4 is 0 Å². The van der Waals surface area contributed by atoms with E-state index in [1.165, 1.54) is 0 Å². The van der Waals surface area contributed by atoms with Gasteiger partial charge in [-0.2, -0.15) is 0 Å². The number of aromatic nitrogens is 1. The van der Waals surface area contributed by atoms with E-state index >= 15 is 0 Å². The quantitative estimate of drug-likeness (QED) is 0.799. The van der Waals surface area contributed by atoms with E-state index in [1.54, 1.807) is 56.8 Å². The molecule has 0 fully saturated rings. The van der Waals surface area contributed by atoms with E-state index in [0.717, 1.165) is 0 Å². The number of esters is 1. The van der Waals surface area contributed by atoms with Crippen molar-refractivity contribution < 1.29 is 14.6 Å². The van der Waals surface area contributed by atoms with Gasteiger partial charge in [-0.05, 0) is 39.8 Å². The number of carbonyl (C=O) groups excluding carboxylic acids is 1. The van der Waals surface area contributed by atoms with Crippen LogP contribution in [-0.2, 0) is 15.3 Å². The smallest absolute Gasteiger partial charge is 0.311 e. The zero-order valence-electron chi connectivity index (χ0n) is 10.2. The van der Waals surface area contributed by atoms with Crippen molar-refractivity contribution in [2.24, 2.45) is 0 Å². The van der Waals surface area contributed by atoms with Crippen molar-refractivity contribution in [1.29, 1.82) is 0 Å². The third-order valence-corrected chi connectivity index (χ3v) is 2.06. The second-order valence-corrected chi connectivity index (χ2v) is 5.07. The summed E-state index contributed by atoms with van der Waals surface area (Å²) in [5.41, 5.74) is -1.77. The molecular weight excluding hydrogens is 206 g/mol. The number of hydrogen-bond acceptors (Lipinski definition) is 3. The number of hydrogen-bond donors (Lipinski definition) is 1. The number of ether oxygens (including phenoxy) is 1. The van der Waals surface area contributed by atoms with Crippen LogP contribution in [-0.4, -0.2) is 21.2 Å². The molecule has 1 heterocycles.